The summed E-state index contributed by atoms with van der Waals surface area (Å²) in [7, 11) is 0. The lowest BCUT2D eigenvalue weighted by Gasteiger charge is -2.06. The second-order valence-electron chi connectivity index (χ2n) is 4.04. The highest BCUT2D eigenvalue weighted by atomic mass is 35.5. The van der Waals surface area contributed by atoms with Crippen molar-refractivity contribution in [2.24, 2.45) is 0 Å². The van der Waals surface area contributed by atoms with Gasteiger partial charge in [-0.2, -0.15) is 0 Å². The Bertz CT molecular complexity index is 582. The van der Waals surface area contributed by atoms with Crippen molar-refractivity contribution in [3.63, 3.8) is 0 Å². The molecule has 19 heavy (non-hydrogen) atoms. The Labute approximate surface area is 117 Å². The van der Waals surface area contributed by atoms with Crippen LogP contribution in [0.1, 0.15) is 23.1 Å². The molecule has 1 aromatic heterocycles. The van der Waals surface area contributed by atoms with Crippen LogP contribution in [0.5, 0.6) is 5.75 Å². The first-order chi connectivity index (χ1) is 9.29. The molecule has 0 amide bonds. The van der Waals surface area contributed by atoms with Crippen LogP contribution in [0, 0.1) is 18.8 Å². The van der Waals surface area contributed by atoms with Crippen molar-refractivity contribution in [3.05, 3.63) is 47.3 Å². The van der Waals surface area contributed by atoms with E-state index in [2.05, 4.69) is 17.0 Å². The van der Waals surface area contributed by atoms with Crippen molar-refractivity contribution in [1.82, 2.24) is 5.16 Å². The number of rotatable bonds is 4. The standard InChI is InChI=1S/C15H14ClNO2/c1-12-8-15(18-10-13-9-17-19-11-13)6-5-14(12)4-2-3-7-16/h5-6,8-9,11H,3,7,10H2,1H3. The number of ether oxygens (including phenoxy) is 1. The number of hydrogen-bond acceptors (Lipinski definition) is 3. The number of alkyl halides is 1. The molecule has 0 bridgehead atoms. The molecule has 0 atom stereocenters. The zero-order valence-corrected chi connectivity index (χ0v) is 11.4. The van der Waals surface area contributed by atoms with Gasteiger partial charge in [0, 0.05) is 23.4 Å². The minimum absolute atomic E-state index is 0.445. The van der Waals surface area contributed by atoms with E-state index in [1.807, 2.05) is 25.1 Å². The molecule has 0 aliphatic heterocycles. The van der Waals surface area contributed by atoms with Crippen molar-refractivity contribution >= 4 is 11.6 Å². The van der Waals surface area contributed by atoms with Gasteiger partial charge in [0.05, 0.1) is 6.20 Å². The molecule has 0 unspecified atom stereocenters. The Morgan fingerprint density at radius 2 is 2.32 bits per heavy atom. The Morgan fingerprint density at radius 1 is 1.42 bits per heavy atom. The van der Waals surface area contributed by atoms with Crippen molar-refractivity contribution in [2.75, 3.05) is 5.88 Å². The third-order valence-electron chi connectivity index (χ3n) is 2.53. The van der Waals surface area contributed by atoms with Gasteiger partial charge in [-0.1, -0.05) is 17.0 Å². The summed E-state index contributed by atoms with van der Waals surface area (Å²) in [6, 6.07) is 5.84. The number of aryl methyl sites for hydroxylation is 1. The number of aromatic nitrogens is 1. The fourth-order valence-electron chi connectivity index (χ4n) is 1.54. The number of hydrogen-bond donors (Lipinski definition) is 0. The fourth-order valence-corrected chi connectivity index (χ4v) is 1.63. The van der Waals surface area contributed by atoms with Crippen LogP contribution >= 0.6 is 11.6 Å². The smallest absolute Gasteiger partial charge is 0.130 e. The molecule has 1 aromatic carbocycles. The van der Waals surface area contributed by atoms with Crippen molar-refractivity contribution in [3.8, 4) is 17.6 Å². The largest absolute Gasteiger partial charge is 0.489 e. The van der Waals surface area contributed by atoms with Crippen LogP contribution in [0.2, 0.25) is 0 Å². The van der Waals surface area contributed by atoms with Crippen LogP contribution in [0.15, 0.2) is 35.2 Å². The van der Waals surface area contributed by atoms with E-state index in [4.69, 9.17) is 20.9 Å². The summed E-state index contributed by atoms with van der Waals surface area (Å²) in [4.78, 5) is 0. The highest BCUT2D eigenvalue weighted by Crippen LogP contribution is 2.18. The molecule has 1 heterocycles. The van der Waals surface area contributed by atoms with Gasteiger partial charge in [0.25, 0.3) is 0 Å². The zero-order chi connectivity index (χ0) is 13.5. The predicted molar refractivity (Wildman–Crippen MR) is 74.2 cm³/mol. The molecule has 0 saturated carbocycles. The first-order valence-electron chi connectivity index (χ1n) is 5.96. The van der Waals surface area contributed by atoms with Gasteiger partial charge in [0.15, 0.2) is 0 Å². The summed E-state index contributed by atoms with van der Waals surface area (Å²) in [6.07, 6.45) is 3.91. The molecule has 3 nitrogen and oxygen atoms in total. The third-order valence-corrected chi connectivity index (χ3v) is 2.72. The Balaban J connectivity index is 2.00. The van der Waals surface area contributed by atoms with Gasteiger partial charge < -0.3 is 9.26 Å². The predicted octanol–water partition coefficient (Wildman–Crippen LogP) is 3.54. The van der Waals surface area contributed by atoms with Gasteiger partial charge >= 0.3 is 0 Å². The topological polar surface area (TPSA) is 35.3 Å². The maximum atomic E-state index is 5.64. The van der Waals surface area contributed by atoms with Gasteiger partial charge in [-0.05, 0) is 30.7 Å². The number of benzene rings is 1. The summed E-state index contributed by atoms with van der Waals surface area (Å²) in [6.45, 7) is 2.46. The minimum atomic E-state index is 0.445. The normalized spacial score (nSPS) is 9.79. The van der Waals surface area contributed by atoms with E-state index >= 15 is 0 Å². The van der Waals surface area contributed by atoms with E-state index in [0.717, 1.165) is 22.4 Å². The van der Waals surface area contributed by atoms with Crippen LogP contribution in [-0.2, 0) is 6.61 Å². The van der Waals surface area contributed by atoms with E-state index < -0.39 is 0 Å². The second-order valence-corrected chi connectivity index (χ2v) is 4.42. The molecule has 0 saturated heterocycles. The molecule has 0 aliphatic rings. The van der Waals surface area contributed by atoms with Gasteiger partial charge in [0.1, 0.15) is 18.6 Å². The van der Waals surface area contributed by atoms with Crippen LogP contribution in [0.4, 0.5) is 0 Å². The Morgan fingerprint density at radius 3 is 3.00 bits per heavy atom. The summed E-state index contributed by atoms with van der Waals surface area (Å²) in [5.74, 6) is 7.49. The lowest BCUT2D eigenvalue weighted by atomic mass is 10.1. The monoisotopic (exact) mass is 275 g/mol. The number of nitrogens with zero attached hydrogens (tertiary/aromatic N) is 1. The second kappa shape index (κ2) is 6.86. The molecule has 0 spiro atoms. The molecule has 0 aliphatic carbocycles. The molecule has 0 N–H and O–H groups in total. The molecular formula is C15H14ClNO2. The van der Waals surface area contributed by atoms with Crippen molar-refractivity contribution in [1.29, 1.82) is 0 Å². The number of halogens is 1. The maximum Gasteiger partial charge on any atom is 0.130 e. The summed E-state index contributed by atoms with van der Waals surface area (Å²) >= 11 is 5.59. The van der Waals surface area contributed by atoms with Gasteiger partial charge in [-0.15, -0.1) is 11.6 Å². The average Bonchev–Trinajstić information content (AvgIpc) is 2.92. The van der Waals surface area contributed by atoms with Gasteiger partial charge in [-0.25, -0.2) is 0 Å². The van der Waals surface area contributed by atoms with E-state index in [1.54, 1.807) is 12.5 Å². The van der Waals surface area contributed by atoms with E-state index in [9.17, 15) is 0 Å². The summed E-state index contributed by atoms with van der Waals surface area (Å²) in [5.41, 5.74) is 3.00. The summed E-state index contributed by atoms with van der Waals surface area (Å²) < 4.78 is 10.4. The van der Waals surface area contributed by atoms with Crippen LogP contribution in [0.25, 0.3) is 0 Å². The highest BCUT2D eigenvalue weighted by Gasteiger charge is 2.01. The van der Waals surface area contributed by atoms with Crippen molar-refractivity contribution < 1.29 is 9.26 Å². The fraction of sp³-hybridized carbons (Fsp3) is 0.267. The highest BCUT2D eigenvalue weighted by molar-refractivity contribution is 6.18. The molecule has 4 heteroatoms. The van der Waals surface area contributed by atoms with Crippen LogP contribution < -0.4 is 4.74 Å². The first-order valence-corrected chi connectivity index (χ1v) is 6.49. The molecular weight excluding hydrogens is 262 g/mol. The Kier molecular flexibility index (Phi) is 4.88. The zero-order valence-electron chi connectivity index (χ0n) is 10.6. The molecule has 2 rings (SSSR count). The van der Waals surface area contributed by atoms with E-state index in [0.29, 0.717) is 18.9 Å². The van der Waals surface area contributed by atoms with Gasteiger partial charge in [0.2, 0.25) is 0 Å². The van der Waals surface area contributed by atoms with Crippen LogP contribution in [0.3, 0.4) is 0 Å². The first kappa shape index (κ1) is 13.5. The molecule has 2 aromatic rings. The maximum absolute atomic E-state index is 5.64. The van der Waals surface area contributed by atoms with E-state index in [-0.39, 0.29) is 0 Å². The lowest BCUT2D eigenvalue weighted by molar-refractivity contribution is 0.304. The minimum Gasteiger partial charge on any atom is -0.489 e. The summed E-state index contributed by atoms with van der Waals surface area (Å²) in [5, 5.41) is 3.62. The van der Waals surface area contributed by atoms with Gasteiger partial charge in [-0.3, -0.25) is 0 Å². The lowest BCUT2D eigenvalue weighted by Crippen LogP contribution is -1.94. The SMILES string of the molecule is Cc1cc(OCc2cnoc2)ccc1C#CCCCl. The third kappa shape index (κ3) is 4.04. The molecule has 0 radical (unpaired) electrons. The Hall–Kier alpha value is -1.92. The average molecular weight is 276 g/mol. The van der Waals surface area contributed by atoms with E-state index in [1.165, 1.54) is 0 Å². The quantitative estimate of drug-likeness (QED) is 0.632. The molecule has 98 valence electrons. The molecule has 0 fully saturated rings. The van der Waals surface area contributed by atoms with Crippen molar-refractivity contribution in [2.45, 2.75) is 20.0 Å². The van der Waals surface area contributed by atoms with Crippen LogP contribution in [-0.4, -0.2) is 11.0 Å².